The molecular weight excluding hydrogens is 424 g/mol. The van der Waals surface area contributed by atoms with E-state index in [1.807, 2.05) is 36.4 Å². The lowest BCUT2D eigenvalue weighted by molar-refractivity contribution is 0.0697. The number of benzene rings is 3. The molecule has 0 spiro atoms. The molecule has 34 heavy (non-hydrogen) atoms. The van der Waals surface area contributed by atoms with Crippen molar-refractivity contribution < 1.29 is 15.1 Å². The number of aromatic carboxylic acids is 1. The van der Waals surface area contributed by atoms with Crippen LogP contribution in [0, 0.1) is 6.92 Å². The standard InChI is InChI=1S/C29H26N2O3/c1-20-4-2-3-5-27(20)28(19-26(31-34)18-21-14-16-30-17-15-21)24-10-6-22(7-11-24)23-8-12-25(13-9-23)29(32)33/h2-17,28,34H,18-19H2,1H3,(H,32,33)/t28-/m1/s1. The van der Waals surface area contributed by atoms with E-state index in [1.165, 1.54) is 11.1 Å². The van der Waals surface area contributed by atoms with Crippen LogP contribution in [-0.2, 0) is 6.42 Å². The maximum absolute atomic E-state index is 11.1. The first-order valence-electron chi connectivity index (χ1n) is 11.1. The van der Waals surface area contributed by atoms with E-state index in [0.29, 0.717) is 18.6 Å². The first kappa shape index (κ1) is 22.9. The van der Waals surface area contributed by atoms with Crippen molar-refractivity contribution in [3.05, 3.63) is 125 Å². The predicted octanol–water partition coefficient (Wildman–Crippen LogP) is 6.35. The van der Waals surface area contributed by atoms with Crippen LogP contribution >= 0.6 is 0 Å². The van der Waals surface area contributed by atoms with Gasteiger partial charge in [0.25, 0.3) is 0 Å². The Morgan fingerprint density at radius 3 is 2.09 bits per heavy atom. The smallest absolute Gasteiger partial charge is 0.335 e. The second-order valence-corrected chi connectivity index (χ2v) is 8.32. The Morgan fingerprint density at radius 1 is 0.882 bits per heavy atom. The van der Waals surface area contributed by atoms with Crippen molar-refractivity contribution >= 4 is 11.7 Å². The zero-order valence-electron chi connectivity index (χ0n) is 18.9. The lowest BCUT2D eigenvalue weighted by Crippen LogP contribution is -2.12. The lowest BCUT2D eigenvalue weighted by Gasteiger charge is -2.21. The summed E-state index contributed by atoms with van der Waals surface area (Å²) in [5.41, 5.74) is 7.48. The van der Waals surface area contributed by atoms with Gasteiger partial charge >= 0.3 is 5.97 Å². The molecule has 170 valence electrons. The van der Waals surface area contributed by atoms with Gasteiger partial charge in [0.15, 0.2) is 0 Å². The Morgan fingerprint density at radius 2 is 1.50 bits per heavy atom. The summed E-state index contributed by atoms with van der Waals surface area (Å²) in [6.07, 6.45) is 4.61. The van der Waals surface area contributed by atoms with Crippen LogP contribution in [0.15, 0.2) is 102 Å². The number of carboxylic acids is 1. The average Bonchev–Trinajstić information content (AvgIpc) is 2.88. The van der Waals surface area contributed by atoms with Gasteiger partial charge in [-0.2, -0.15) is 0 Å². The summed E-state index contributed by atoms with van der Waals surface area (Å²) in [7, 11) is 0. The highest BCUT2D eigenvalue weighted by molar-refractivity contribution is 5.88. The number of oxime groups is 1. The Kier molecular flexibility index (Phi) is 7.13. The predicted molar refractivity (Wildman–Crippen MR) is 134 cm³/mol. The third-order valence-electron chi connectivity index (χ3n) is 6.08. The maximum Gasteiger partial charge on any atom is 0.335 e. The van der Waals surface area contributed by atoms with Gasteiger partial charge < -0.3 is 10.3 Å². The topological polar surface area (TPSA) is 82.8 Å². The lowest BCUT2D eigenvalue weighted by atomic mass is 9.83. The molecule has 1 atom stereocenters. The van der Waals surface area contributed by atoms with E-state index in [1.54, 1.807) is 24.5 Å². The highest BCUT2D eigenvalue weighted by Crippen LogP contribution is 2.33. The van der Waals surface area contributed by atoms with Gasteiger partial charge in [-0.3, -0.25) is 4.98 Å². The minimum absolute atomic E-state index is 0.0253. The zero-order valence-corrected chi connectivity index (χ0v) is 18.9. The molecule has 0 fully saturated rings. The van der Waals surface area contributed by atoms with Gasteiger partial charge in [-0.25, -0.2) is 4.79 Å². The molecule has 1 aromatic heterocycles. The van der Waals surface area contributed by atoms with Gasteiger partial charge in [0.1, 0.15) is 0 Å². The van der Waals surface area contributed by atoms with Gasteiger partial charge in [0.05, 0.1) is 11.3 Å². The summed E-state index contributed by atoms with van der Waals surface area (Å²) in [4.78, 5) is 15.2. The highest BCUT2D eigenvalue weighted by Gasteiger charge is 2.20. The van der Waals surface area contributed by atoms with Crippen molar-refractivity contribution in [1.29, 1.82) is 0 Å². The van der Waals surface area contributed by atoms with Gasteiger partial charge in [-0.1, -0.05) is 65.8 Å². The molecule has 0 aliphatic carbocycles. The normalized spacial score (nSPS) is 12.3. The number of hydrogen-bond acceptors (Lipinski definition) is 4. The summed E-state index contributed by atoms with van der Waals surface area (Å²) in [5, 5.41) is 22.6. The molecule has 2 N–H and O–H groups in total. The molecular formula is C29H26N2O3. The molecule has 0 saturated carbocycles. The number of pyridine rings is 1. The number of carbonyl (C=O) groups is 1. The molecule has 4 aromatic rings. The summed E-state index contributed by atoms with van der Waals surface area (Å²) in [6.45, 7) is 2.10. The van der Waals surface area contributed by atoms with Gasteiger partial charge in [0, 0.05) is 31.2 Å². The molecule has 4 rings (SSSR count). The quantitative estimate of drug-likeness (QED) is 0.186. The van der Waals surface area contributed by atoms with E-state index in [0.717, 1.165) is 22.3 Å². The van der Waals surface area contributed by atoms with Crippen molar-refractivity contribution in [2.24, 2.45) is 5.16 Å². The highest BCUT2D eigenvalue weighted by atomic mass is 16.4. The minimum atomic E-state index is -0.934. The number of aryl methyl sites for hydroxylation is 1. The molecule has 0 amide bonds. The Balaban J connectivity index is 1.64. The summed E-state index contributed by atoms with van der Waals surface area (Å²) in [6, 6.07) is 27.3. The molecule has 0 saturated heterocycles. The van der Waals surface area contributed by atoms with Crippen LogP contribution in [0.3, 0.4) is 0 Å². The maximum atomic E-state index is 11.1. The van der Waals surface area contributed by atoms with E-state index in [4.69, 9.17) is 5.11 Å². The third kappa shape index (κ3) is 5.38. The van der Waals surface area contributed by atoms with E-state index in [9.17, 15) is 10.0 Å². The van der Waals surface area contributed by atoms with E-state index in [-0.39, 0.29) is 11.5 Å². The average molecular weight is 451 g/mol. The van der Waals surface area contributed by atoms with Crippen molar-refractivity contribution in [1.82, 2.24) is 4.98 Å². The summed E-state index contributed by atoms with van der Waals surface area (Å²) < 4.78 is 0. The van der Waals surface area contributed by atoms with E-state index < -0.39 is 5.97 Å². The van der Waals surface area contributed by atoms with E-state index >= 15 is 0 Å². The first-order chi connectivity index (χ1) is 16.5. The second kappa shape index (κ2) is 10.6. The zero-order chi connectivity index (χ0) is 23.9. The molecule has 5 heteroatoms. The van der Waals surface area contributed by atoms with Crippen LogP contribution in [0.2, 0.25) is 0 Å². The molecule has 3 aromatic carbocycles. The largest absolute Gasteiger partial charge is 0.478 e. The molecule has 1 heterocycles. The van der Waals surface area contributed by atoms with Crippen LogP contribution in [0.25, 0.3) is 11.1 Å². The van der Waals surface area contributed by atoms with Gasteiger partial charge in [-0.15, -0.1) is 0 Å². The van der Waals surface area contributed by atoms with Gasteiger partial charge in [-0.05, 0) is 64.6 Å². The van der Waals surface area contributed by atoms with E-state index in [2.05, 4.69) is 53.5 Å². The number of nitrogens with zero attached hydrogens (tertiary/aromatic N) is 2. The SMILES string of the molecule is Cc1ccccc1[C@H](CC(Cc1ccncc1)=NO)c1ccc(-c2ccc(C(=O)O)cc2)cc1. The van der Waals surface area contributed by atoms with Crippen LogP contribution < -0.4 is 0 Å². The molecule has 0 unspecified atom stereocenters. The fourth-order valence-corrected chi connectivity index (χ4v) is 4.22. The number of carboxylic acid groups (broad SMARTS) is 1. The number of rotatable bonds is 8. The molecule has 0 bridgehead atoms. The van der Waals surface area contributed by atoms with Crippen LogP contribution in [-0.4, -0.2) is 27.0 Å². The fraction of sp³-hybridized carbons (Fsp3) is 0.138. The summed E-state index contributed by atoms with van der Waals surface area (Å²) >= 11 is 0. The molecule has 5 nitrogen and oxygen atoms in total. The molecule has 0 radical (unpaired) electrons. The number of aromatic nitrogens is 1. The monoisotopic (exact) mass is 450 g/mol. The van der Waals surface area contributed by atoms with Gasteiger partial charge in [0.2, 0.25) is 0 Å². The molecule has 0 aliphatic heterocycles. The van der Waals surface area contributed by atoms with Crippen LogP contribution in [0.4, 0.5) is 0 Å². The van der Waals surface area contributed by atoms with Crippen molar-refractivity contribution in [2.45, 2.75) is 25.7 Å². The Bertz CT molecular complexity index is 1280. The Labute approximate surface area is 199 Å². The second-order valence-electron chi connectivity index (χ2n) is 8.32. The minimum Gasteiger partial charge on any atom is -0.478 e. The van der Waals surface area contributed by atoms with Crippen LogP contribution in [0.1, 0.15) is 45.0 Å². The summed E-state index contributed by atoms with van der Waals surface area (Å²) in [5.74, 6) is -0.909. The number of hydrogen-bond donors (Lipinski definition) is 2. The van der Waals surface area contributed by atoms with Crippen molar-refractivity contribution in [2.75, 3.05) is 0 Å². The van der Waals surface area contributed by atoms with Crippen LogP contribution in [0.5, 0.6) is 0 Å². The van der Waals surface area contributed by atoms with Crippen molar-refractivity contribution in [3.8, 4) is 11.1 Å². The Hall–Kier alpha value is -4.25. The molecule has 0 aliphatic rings. The first-order valence-corrected chi connectivity index (χ1v) is 11.1. The third-order valence-corrected chi connectivity index (χ3v) is 6.08. The fourth-order valence-electron chi connectivity index (χ4n) is 4.22. The van der Waals surface area contributed by atoms with Crippen molar-refractivity contribution in [3.63, 3.8) is 0 Å².